The van der Waals surface area contributed by atoms with E-state index >= 15 is 0 Å². The van der Waals surface area contributed by atoms with Crippen LogP contribution in [0.2, 0.25) is 0 Å². The standard InChI is InChI=1S/C17H18N2O3S/c1-3-7-13-15(16(20)21)23-17-18-12(10-19(13)17)11-8-5-6-9-14(11)22-4-2/h5-6,8-10H,3-4,7H2,1-2H3,(H,20,21). The number of thiazole rings is 1. The van der Waals surface area contributed by atoms with E-state index in [0.717, 1.165) is 29.1 Å². The van der Waals surface area contributed by atoms with Crippen LogP contribution in [-0.4, -0.2) is 27.1 Å². The maximum absolute atomic E-state index is 11.4. The molecule has 6 heteroatoms. The van der Waals surface area contributed by atoms with E-state index in [1.165, 1.54) is 11.3 Å². The van der Waals surface area contributed by atoms with E-state index in [1.807, 2.05) is 48.7 Å². The second-order valence-electron chi connectivity index (χ2n) is 5.14. The van der Waals surface area contributed by atoms with Crippen LogP contribution in [0.25, 0.3) is 16.2 Å². The molecule has 0 saturated carbocycles. The van der Waals surface area contributed by atoms with Gasteiger partial charge in [0.2, 0.25) is 0 Å². The largest absolute Gasteiger partial charge is 0.493 e. The summed E-state index contributed by atoms with van der Waals surface area (Å²) in [5, 5.41) is 9.36. The lowest BCUT2D eigenvalue weighted by Crippen LogP contribution is -2.00. The molecule has 3 aromatic rings. The van der Waals surface area contributed by atoms with Gasteiger partial charge in [-0.2, -0.15) is 0 Å². The predicted molar refractivity (Wildman–Crippen MR) is 90.6 cm³/mol. The Morgan fingerprint density at radius 3 is 2.83 bits per heavy atom. The Hall–Kier alpha value is -2.34. The Kier molecular flexibility index (Phi) is 4.34. The van der Waals surface area contributed by atoms with Crippen molar-refractivity contribution < 1.29 is 14.6 Å². The van der Waals surface area contributed by atoms with Crippen LogP contribution >= 0.6 is 11.3 Å². The van der Waals surface area contributed by atoms with Gasteiger partial charge < -0.3 is 9.84 Å². The number of aryl methyl sites for hydroxylation is 1. The van der Waals surface area contributed by atoms with E-state index < -0.39 is 5.97 Å². The number of aromatic carboxylic acids is 1. The molecule has 0 aliphatic carbocycles. The first-order chi connectivity index (χ1) is 11.2. The van der Waals surface area contributed by atoms with E-state index in [4.69, 9.17) is 4.74 Å². The Balaban J connectivity index is 2.13. The van der Waals surface area contributed by atoms with Gasteiger partial charge in [0.1, 0.15) is 10.6 Å². The van der Waals surface area contributed by atoms with Crippen LogP contribution in [0.5, 0.6) is 5.75 Å². The fraction of sp³-hybridized carbons (Fsp3) is 0.294. The van der Waals surface area contributed by atoms with Crippen molar-refractivity contribution in [3.05, 3.63) is 41.0 Å². The number of nitrogens with zero attached hydrogens (tertiary/aromatic N) is 2. The number of benzene rings is 1. The molecule has 3 rings (SSSR count). The summed E-state index contributed by atoms with van der Waals surface area (Å²) in [6.07, 6.45) is 3.50. The van der Waals surface area contributed by atoms with E-state index in [2.05, 4.69) is 4.98 Å². The highest BCUT2D eigenvalue weighted by molar-refractivity contribution is 7.19. The van der Waals surface area contributed by atoms with Gasteiger partial charge in [-0.15, -0.1) is 0 Å². The predicted octanol–water partition coefficient (Wildman–Crippen LogP) is 4.11. The van der Waals surface area contributed by atoms with Gasteiger partial charge in [0.25, 0.3) is 0 Å². The summed E-state index contributed by atoms with van der Waals surface area (Å²) in [5.41, 5.74) is 2.53. The summed E-state index contributed by atoms with van der Waals surface area (Å²) in [7, 11) is 0. The minimum atomic E-state index is -0.889. The molecule has 0 saturated heterocycles. The highest BCUT2D eigenvalue weighted by Crippen LogP contribution is 2.32. The van der Waals surface area contributed by atoms with Gasteiger partial charge in [0.15, 0.2) is 4.96 Å². The number of aromatic nitrogens is 2. The first kappa shape index (κ1) is 15.6. The number of hydrogen-bond donors (Lipinski definition) is 1. The van der Waals surface area contributed by atoms with Gasteiger partial charge in [-0.05, 0) is 25.5 Å². The molecule has 0 spiro atoms. The molecule has 1 N–H and O–H groups in total. The minimum Gasteiger partial charge on any atom is -0.493 e. The Morgan fingerprint density at radius 2 is 2.13 bits per heavy atom. The Labute approximate surface area is 138 Å². The molecule has 0 fully saturated rings. The van der Waals surface area contributed by atoms with Gasteiger partial charge in [-0.25, -0.2) is 9.78 Å². The first-order valence-corrected chi connectivity index (χ1v) is 8.43. The summed E-state index contributed by atoms with van der Waals surface area (Å²) < 4.78 is 7.56. The van der Waals surface area contributed by atoms with Crippen LogP contribution in [0.1, 0.15) is 35.6 Å². The molecular weight excluding hydrogens is 312 g/mol. The topological polar surface area (TPSA) is 63.8 Å². The van der Waals surface area contributed by atoms with Gasteiger partial charge in [-0.1, -0.05) is 36.8 Å². The van der Waals surface area contributed by atoms with Crippen LogP contribution in [0, 0.1) is 0 Å². The number of fused-ring (bicyclic) bond motifs is 1. The van der Waals surface area contributed by atoms with Gasteiger partial charge in [-0.3, -0.25) is 4.40 Å². The monoisotopic (exact) mass is 330 g/mol. The number of rotatable bonds is 6. The van der Waals surface area contributed by atoms with Crippen molar-refractivity contribution in [3.8, 4) is 17.0 Å². The molecule has 0 aliphatic rings. The number of imidazole rings is 1. The second kappa shape index (κ2) is 6.42. The summed E-state index contributed by atoms with van der Waals surface area (Å²) >= 11 is 1.22. The summed E-state index contributed by atoms with van der Waals surface area (Å²) in [6.45, 7) is 4.57. The maximum Gasteiger partial charge on any atom is 0.347 e. The van der Waals surface area contributed by atoms with E-state index in [-0.39, 0.29) is 0 Å². The molecule has 120 valence electrons. The van der Waals surface area contributed by atoms with Crippen LogP contribution in [0.3, 0.4) is 0 Å². The fourth-order valence-corrected chi connectivity index (χ4v) is 3.61. The lowest BCUT2D eigenvalue weighted by Gasteiger charge is -2.07. The summed E-state index contributed by atoms with van der Waals surface area (Å²) in [4.78, 5) is 17.1. The van der Waals surface area contributed by atoms with Crippen molar-refractivity contribution in [1.82, 2.24) is 9.38 Å². The molecule has 0 radical (unpaired) electrons. The second-order valence-corrected chi connectivity index (χ2v) is 6.12. The number of carboxylic acid groups (broad SMARTS) is 1. The zero-order chi connectivity index (χ0) is 16.4. The van der Waals surface area contributed by atoms with Crippen molar-refractivity contribution in [2.45, 2.75) is 26.7 Å². The van der Waals surface area contributed by atoms with Gasteiger partial charge in [0, 0.05) is 17.5 Å². The Morgan fingerprint density at radius 1 is 1.35 bits per heavy atom. The molecule has 2 heterocycles. The van der Waals surface area contributed by atoms with E-state index in [0.29, 0.717) is 22.9 Å². The quantitative estimate of drug-likeness (QED) is 0.738. The van der Waals surface area contributed by atoms with E-state index in [9.17, 15) is 9.90 Å². The van der Waals surface area contributed by atoms with Gasteiger partial charge in [0.05, 0.1) is 12.3 Å². The molecule has 0 unspecified atom stereocenters. The van der Waals surface area contributed by atoms with Gasteiger partial charge >= 0.3 is 5.97 Å². The maximum atomic E-state index is 11.4. The molecule has 5 nitrogen and oxygen atoms in total. The average molecular weight is 330 g/mol. The molecule has 0 aliphatic heterocycles. The number of ether oxygens (including phenoxy) is 1. The molecule has 0 amide bonds. The van der Waals surface area contributed by atoms with Crippen molar-refractivity contribution in [2.24, 2.45) is 0 Å². The molecule has 0 atom stereocenters. The van der Waals surface area contributed by atoms with Crippen LogP contribution in [-0.2, 0) is 6.42 Å². The lowest BCUT2D eigenvalue weighted by atomic mass is 10.1. The first-order valence-electron chi connectivity index (χ1n) is 7.62. The number of hydrogen-bond acceptors (Lipinski definition) is 4. The zero-order valence-electron chi connectivity index (χ0n) is 13.1. The third-order valence-electron chi connectivity index (χ3n) is 3.56. The van der Waals surface area contributed by atoms with Crippen LogP contribution < -0.4 is 4.74 Å². The molecule has 0 bridgehead atoms. The minimum absolute atomic E-state index is 0.374. The highest BCUT2D eigenvalue weighted by Gasteiger charge is 2.20. The molecule has 23 heavy (non-hydrogen) atoms. The highest BCUT2D eigenvalue weighted by atomic mass is 32.1. The zero-order valence-corrected chi connectivity index (χ0v) is 13.9. The van der Waals surface area contributed by atoms with Crippen molar-refractivity contribution in [1.29, 1.82) is 0 Å². The smallest absolute Gasteiger partial charge is 0.347 e. The fourth-order valence-electron chi connectivity index (χ4n) is 2.62. The van der Waals surface area contributed by atoms with Crippen molar-refractivity contribution in [3.63, 3.8) is 0 Å². The summed E-state index contributed by atoms with van der Waals surface area (Å²) in [5.74, 6) is -0.100. The van der Waals surface area contributed by atoms with E-state index in [1.54, 1.807) is 0 Å². The normalized spacial score (nSPS) is 11.0. The van der Waals surface area contributed by atoms with Crippen LogP contribution in [0.15, 0.2) is 30.5 Å². The average Bonchev–Trinajstić information content (AvgIpc) is 3.08. The number of carbonyl (C=O) groups is 1. The SMILES string of the molecule is CCCc1c(C(=O)O)sc2nc(-c3ccccc3OCC)cn12. The molecule has 2 aromatic heterocycles. The van der Waals surface area contributed by atoms with Crippen molar-refractivity contribution >= 4 is 22.3 Å². The molecular formula is C17H18N2O3S. The molecule has 1 aromatic carbocycles. The van der Waals surface area contributed by atoms with Crippen LogP contribution in [0.4, 0.5) is 0 Å². The number of para-hydroxylation sites is 1. The van der Waals surface area contributed by atoms with Crippen molar-refractivity contribution in [2.75, 3.05) is 6.61 Å². The third-order valence-corrected chi connectivity index (χ3v) is 4.65. The number of carboxylic acids is 1. The lowest BCUT2D eigenvalue weighted by molar-refractivity contribution is 0.0700. The summed E-state index contributed by atoms with van der Waals surface area (Å²) in [6, 6.07) is 7.76. The third kappa shape index (κ3) is 2.82. The Bertz CT molecular complexity index is 851.